The lowest BCUT2D eigenvalue weighted by atomic mass is 10.0. The highest BCUT2D eigenvalue weighted by Crippen LogP contribution is 2.10. The third-order valence-electron chi connectivity index (χ3n) is 2.27. The average molecular weight is 196 g/mol. The molecule has 0 amide bonds. The first-order valence-corrected chi connectivity index (χ1v) is 5.08. The third kappa shape index (κ3) is 3.46. The first kappa shape index (κ1) is 11.2. The van der Waals surface area contributed by atoms with Gasteiger partial charge in [0.2, 0.25) is 0 Å². The largest absolute Gasteiger partial charge is 0.393 e. The van der Waals surface area contributed by atoms with Crippen LogP contribution in [0.2, 0.25) is 0 Å². The van der Waals surface area contributed by atoms with Crippen LogP contribution in [-0.2, 0) is 13.1 Å². The van der Waals surface area contributed by atoms with Crippen LogP contribution in [0.15, 0.2) is 24.3 Å². The second-order valence-corrected chi connectivity index (χ2v) is 3.60. The Hall–Kier alpha value is -0.890. The SMILES string of the molecule is CCC[C@H](O)Cc1ccc(CF)cc1. The van der Waals surface area contributed by atoms with Gasteiger partial charge in [-0.1, -0.05) is 37.6 Å². The predicted molar refractivity (Wildman–Crippen MR) is 55.9 cm³/mol. The highest BCUT2D eigenvalue weighted by atomic mass is 19.1. The van der Waals surface area contributed by atoms with Crippen molar-refractivity contribution in [2.45, 2.75) is 39.0 Å². The zero-order chi connectivity index (χ0) is 10.4. The maximum atomic E-state index is 12.2. The van der Waals surface area contributed by atoms with Crippen LogP contribution in [0.3, 0.4) is 0 Å². The Kier molecular flexibility index (Phi) is 4.60. The second kappa shape index (κ2) is 5.76. The fourth-order valence-corrected chi connectivity index (χ4v) is 1.47. The smallest absolute Gasteiger partial charge is 0.115 e. The van der Waals surface area contributed by atoms with Crippen LogP contribution in [-0.4, -0.2) is 11.2 Å². The van der Waals surface area contributed by atoms with Gasteiger partial charge < -0.3 is 5.11 Å². The summed E-state index contributed by atoms with van der Waals surface area (Å²) >= 11 is 0. The van der Waals surface area contributed by atoms with Gasteiger partial charge in [-0.05, 0) is 24.0 Å². The van der Waals surface area contributed by atoms with Crippen LogP contribution in [0, 0.1) is 0 Å². The number of aliphatic hydroxyl groups excluding tert-OH is 1. The van der Waals surface area contributed by atoms with Crippen molar-refractivity contribution in [1.29, 1.82) is 0 Å². The Labute approximate surface area is 84.6 Å². The van der Waals surface area contributed by atoms with Crippen LogP contribution < -0.4 is 0 Å². The molecular weight excluding hydrogens is 179 g/mol. The van der Waals surface area contributed by atoms with Gasteiger partial charge in [-0.3, -0.25) is 0 Å². The minimum atomic E-state index is -0.419. The molecule has 0 spiro atoms. The van der Waals surface area contributed by atoms with Crippen molar-refractivity contribution in [3.63, 3.8) is 0 Å². The Morgan fingerprint density at radius 2 is 1.79 bits per heavy atom. The van der Waals surface area contributed by atoms with Crippen molar-refractivity contribution < 1.29 is 9.50 Å². The molecule has 0 aliphatic rings. The summed E-state index contributed by atoms with van der Waals surface area (Å²) in [6, 6.07) is 7.31. The van der Waals surface area contributed by atoms with Gasteiger partial charge in [-0.15, -0.1) is 0 Å². The lowest BCUT2D eigenvalue weighted by molar-refractivity contribution is 0.164. The van der Waals surface area contributed by atoms with E-state index in [2.05, 4.69) is 6.92 Å². The van der Waals surface area contributed by atoms with E-state index >= 15 is 0 Å². The topological polar surface area (TPSA) is 20.2 Å². The molecule has 1 aromatic rings. The normalized spacial score (nSPS) is 12.8. The van der Waals surface area contributed by atoms with Gasteiger partial charge >= 0.3 is 0 Å². The molecule has 78 valence electrons. The molecule has 0 aliphatic heterocycles. The maximum absolute atomic E-state index is 12.2. The number of rotatable bonds is 5. The molecule has 0 aromatic heterocycles. The molecule has 1 atom stereocenters. The summed E-state index contributed by atoms with van der Waals surface area (Å²) in [4.78, 5) is 0. The van der Waals surface area contributed by atoms with Crippen LogP contribution in [0.1, 0.15) is 30.9 Å². The lowest BCUT2D eigenvalue weighted by Gasteiger charge is -2.09. The molecule has 0 aliphatic carbocycles. The van der Waals surface area contributed by atoms with Gasteiger partial charge in [0.25, 0.3) is 0 Å². The van der Waals surface area contributed by atoms with Crippen molar-refractivity contribution in [2.75, 3.05) is 0 Å². The Morgan fingerprint density at radius 1 is 1.21 bits per heavy atom. The first-order valence-electron chi connectivity index (χ1n) is 5.08. The molecule has 0 saturated heterocycles. The molecule has 0 bridgehead atoms. The quantitative estimate of drug-likeness (QED) is 0.767. The highest BCUT2D eigenvalue weighted by Gasteiger charge is 2.03. The summed E-state index contributed by atoms with van der Waals surface area (Å²) in [7, 11) is 0. The summed E-state index contributed by atoms with van der Waals surface area (Å²) in [6.45, 7) is 1.63. The van der Waals surface area contributed by atoms with Crippen molar-refractivity contribution in [3.8, 4) is 0 Å². The van der Waals surface area contributed by atoms with Gasteiger partial charge in [0.05, 0.1) is 6.10 Å². The van der Waals surface area contributed by atoms with Gasteiger partial charge in [0, 0.05) is 0 Å². The molecule has 0 heterocycles. The van der Waals surface area contributed by atoms with Gasteiger partial charge in [0.1, 0.15) is 6.67 Å². The van der Waals surface area contributed by atoms with E-state index in [1.165, 1.54) is 0 Å². The zero-order valence-electron chi connectivity index (χ0n) is 8.54. The van der Waals surface area contributed by atoms with Crippen LogP contribution in [0.4, 0.5) is 4.39 Å². The molecule has 1 rings (SSSR count). The molecule has 1 N–H and O–H groups in total. The van der Waals surface area contributed by atoms with Crippen LogP contribution in [0.5, 0.6) is 0 Å². The monoisotopic (exact) mass is 196 g/mol. The molecule has 0 fully saturated rings. The summed E-state index contributed by atoms with van der Waals surface area (Å²) in [5, 5.41) is 9.56. The van der Waals surface area contributed by atoms with Crippen molar-refractivity contribution in [1.82, 2.24) is 0 Å². The number of aliphatic hydroxyl groups is 1. The van der Waals surface area contributed by atoms with Crippen molar-refractivity contribution in [3.05, 3.63) is 35.4 Å². The van der Waals surface area contributed by atoms with Gasteiger partial charge in [0.15, 0.2) is 0 Å². The van der Waals surface area contributed by atoms with Crippen LogP contribution >= 0.6 is 0 Å². The molecule has 0 saturated carbocycles. The summed E-state index contributed by atoms with van der Waals surface area (Å²) in [5.74, 6) is 0. The number of hydrogen-bond donors (Lipinski definition) is 1. The van der Waals surface area contributed by atoms with Crippen molar-refractivity contribution in [2.24, 2.45) is 0 Å². The Morgan fingerprint density at radius 3 is 2.29 bits per heavy atom. The fourth-order valence-electron chi connectivity index (χ4n) is 1.47. The molecule has 2 heteroatoms. The average Bonchev–Trinajstić information content (AvgIpc) is 2.19. The maximum Gasteiger partial charge on any atom is 0.115 e. The fraction of sp³-hybridized carbons (Fsp3) is 0.500. The van der Waals surface area contributed by atoms with E-state index in [4.69, 9.17) is 0 Å². The standard InChI is InChI=1S/C12H17FO/c1-2-3-12(14)8-10-4-6-11(9-13)7-5-10/h4-7,12,14H,2-3,8-9H2,1H3/t12-/m0/s1. The van der Waals surface area contributed by atoms with Crippen molar-refractivity contribution >= 4 is 0 Å². The van der Waals surface area contributed by atoms with E-state index in [0.717, 1.165) is 18.4 Å². The van der Waals surface area contributed by atoms with Crippen LogP contribution in [0.25, 0.3) is 0 Å². The highest BCUT2D eigenvalue weighted by molar-refractivity contribution is 5.22. The van der Waals surface area contributed by atoms with E-state index in [0.29, 0.717) is 12.0 Å². The first-order chi connectivity index (χ1) is 6.76. The number of alkyl halides is 1. The molecule has 1 aromatic carbocycles. The summed E-state index contributed by atoms with van der Waals surface area (Å²) in [5.41, 5.74) is 1.77. The molecular formula is C12H17FO. The van der Waals surface area contributed by atoms with Gasteiger partial charge in [-0.25, -0.2) is 4.39 Å². The van der Waals surface area contributed by atoms with E-state index in [1.54, 1.807) is 12.1 Å². The number of hydrogen-bond acceptors (Lipinski definition) is 1. The summed E-state index contributed by atoms with van der Waals surface area (Å²) in [6.07, 6.45) is 2.21. The third-order valence-corrected chi connectivity index (χ3v) is 2.27. The molecule has 1 nitrogen and oxygen atoms in total. The molecule has 0 unspecified atom stereocenters. The van der Waals surface area contributed by atoms with E-state index in [1.807, 2.05) is 12.1 Å². The number of benzene rings is 1. The molecule has 0 radical (unpaired) electrons. The minimum absolute atomic E-state index is 0.267. The Balaban J connectivity index is 2.50. The van der Waals surface area contributed by atoms with E-state index in [-0.39, 0.29) is 6.10 Å². The summed E-state index contributed by atoms with van der Waals surface area (Å²) < 4.78 is 12.2. The van der Waals surface area contributed by atoms with E-state index in [9.17, 15) is 9.50 Å². The van der Waals surface area contributed by atoms with Gasteiger partial charge in [-0.2, -0.15) is 0 Å². The lowest BCUT2D eigenvalue weighted by Crippen LogP contribution is -2.09. The Bertz CT molecular complexity index is 256. The van der Waals surface area contributed by atoms with E-state index < -0.39 is 6.67 Å². The number of halogens is 1. The molecule has 14 heavy (non-hydrogen) atoms. The second-order valence-electron chi connectivity index (χ2n) is 3.60. The predicted octanol–water partition coefficient (Wildman–Crippen LogP) is 2.86. The zero-order valence-corrected chi connectivity index (χ0v) is 8.54. The minimum Gasteiger partial charge on any atom is -0.393 e.